The molecule has 114 valence electrons. The first-order valence-electron chi connectivity index (χ1n) is 4.46. The summed E-state index contributed by atoms with van der Waals surface area (Å²) in [5.74, 6) is 0. The summed E-state index contributed by atoms with van der Waals surface area (Å²) in [6, 6.07) is 0. The first kappa shape index (κ1) is 25.2. The van der Waals surface area contributed by atoms with Crippen LogP contribution in [0.5, 0.6) is 0 Å². The standard InChI is InChI=1S/C6H12Cl2N2.2HO3P.Pt/c7-5(8)1-3-6(9,10)4-2-5;2*1-4(2)3;/h1-4,9-10H2;2*(H,1,2,3);/q;;;+4/p-2. The SMILES string of the molecule is NC1(N)CCC(Cl)(Cl)CC1.O=[P+]([O-])[O-].O=[P+]([O-])[O-].[Pt+4]. The zero-order chi connectivity index (χ0) is 15.0. The predicted molar refractivity (Wildman–Crippen MR) is 59.2 cm³/mol. The zero-order valence-electron chi connectivity index (χ0n) is 9.40. The molecule has 0 aromatic heterocycles. The average Bonchev–Trinajstić information content (AvgIpc) is 2.09. The van der Waals surface area contributed by atoms with Gasteiger partial charge in [-0.3, -0.25) is 0 Å². The van der Waals surface area contributed by atoms with Gasteiger partial charge in [-0.15, -0.1) is 23.2 Å². The Balaban J connectivity index is -0.000000242. The first-order chi connectivity index (χ1) is 7.88. The maximum absolute atomic E-state index is 8.48. The van der Waals surface area contributed by atoms with Crippen LogP contribution in [-0.4, -0.2) is 10.00 Å². The fourth-order valence-corrected chi connectivity index (χ4v) is 1.46. The van der Waals surface area contributed by atoms with E-state index in [1.807, 2.05) is 0 Å². The molecular formula is C6H12Cl2N2O6P2Pt+2. The molecule has 0 atom stereocenters. The first-order valence-corrected chi connectivity index (χ1v) is 7.41. The average molecular weight is 536 g/mol. The van der Waals surface area contributed by atoms with Crippen molar-refractivity contribution in [1.82, 2.24) is 0 Å². The Morgan fingerprint density at radius 2 is 1.05 bits per heavy atom. The quantitative estimate of drug-likeness (QED) is 0.204. The summed E-state index contributed by atoms with van der Waals surface area (Å²) >= 11 is 11.7. The molecule has 0 bridgehead atoms. The van der Waals surface area contributed by atoms with E-state index in [0.29, 0.717) is 25.7 Å². The Morgan fingerprint density at radius 3 is 1.21 bits per heavy atom. The van der Waals surface area contributed by atoms with Crippen molar-refractivity contribution in [2.75, 3.05) is 0 Å². The van der Waals surface area contributed by atoms with Crippen molar-refractivity contribution in [3.8, 4) is 0 Å². The topological polar surface area (TPSA) is 178 Å². The van der Waals surface area contributed by atoms with E-state index >= 15 is 0 Å². The van der Waals surface area contributed by atoms with Gasteiger partial charge in [-0.1, -0.05) is 9.13 Å². The van der Waals surface area contributed by atoms with Gasteiger partial charge in [-0.2, -0.15) is 0 Å². The molecule has 0 radical (unpaired) electrons. The molecule has 0 aliphatic heterocycles. The van der Waals surface area contributed by atoms with Crippen LogP contribution in [-0.2, 0) is 30.2 Å². The molecular weight excluding hydrogens is 524 g/mol. The number of hydrogen-bond donors (Lipinski definition) is 2. The van der Waals surface area contributed by atoms with E-state index in [-0.39, 0.29) is 21.1 Å². The summed E-state index contributed by atoms with van der Waals surface area (Å²) in [6.07, 6.45) is 2.81. The van der Waals surface area contributed by atoms with Crippen LogP contribution in [0, 0.1) is 0 Å². The summed E-state index contributed by atoms with van der Waals surface area (Å²) in [4.78, 5) is 33.9. The molecule has 4 N–H and O–H groups in total. The summed E-state index contributed by atoms with van der Waals surface area (Å²) in [5, 5.41) is 0. The third kappa shape index (κ3) is 24.6. The van der Waals surface area contributed by atoms with Gasteiger partial charge >= 0.3 is 21.1 Å². The van der Waals surface area contributed by atoms with Gasteiger partial charge in [-0.05, 0) is 25.7 Å². The van der Waals surface area contributed by atoms with E-state index in [1.54, 1.807) is 0 Å². The van der Waals surface area contributed by atoms with Gasteiger partial charge in [0, 0.05) is 0 Å². The van der Waals surface area contributed by atoms with E-state index < -0.39 is 26.5 Å². The van der Waals surface area contributed by atoms with Gasteiger partial charge < -0.3 is 31.0 Å². The fraction of sp³-hybridized carbons (Fsp3) is 1.00. The minimum Gasteiger partial charge on any atom is -0.598 e. The van der Waals surface area contributed by atoms with Crippen LogP contribution in [0.25, 0.3) is 0 Å². The van der Waals surface area contributed by atoms with Crippen molar-refractivity contribution in [1.29, 1.82) is 0 Å². The smallest absolute Gasteiger partial charge is 0.598 e. The van der Waals surface area contributed by atoms with Crippen LogP contribution in [0.4, 0.5) is 0 Å². The summed E-state index contributed by atoms with van der Waals surface area (Å²) in [7, 11) is -6.74. The summed E-state index contributed by atoms with van der Waals surface area (Å²) in [6.45, 7) is 0. The number of nitrogens with two attached hydrogens (primary N) is 2. The number of hydrogen-bond acceptors (Lipinski definition) is 8. The third-order valence-corrected chi connectivity index (χ3v) is 2.67. The van der Waals surface area contributed by atoms with Gasteiger partial charge in [0.05, 0.1) is 5.66 Å². The van der Waals surface area contributed by atoms with Crippen molar-refractivity contribution in [3.05, 3.63) is 0 Å². The van der Waals surface area contributed by atoms with E-state index in [2.05, 4.69) is 0 Å². The number of alkyl halides is 2. The van der Waals surface area contributed by atoms with Gasteiger partial charge in [0.15, 0.2) is 0 Å². The Labute approximate surface area is 136 Å². The molecule has 0 aromatic carbocycles. The molecule has 0 unspecified atom stereocenters. The van der Waals surface area contributed by atoms with Crippen molar-refractivity contribution >= 4 is 39.7 Å². The molecule has 1 aliphatic rings. The zero-order valence-corrected chi connectivity index (χ0v) is 15.0. The van der Waals surface area contributed by atoms with Crippen LogP contribution in [0.2, 0.25) is 0 Å². The van der Waals surface area contributed by atoms with Crippen molar-refractivity contribution < 1.29 is 49.8 Å². The normalized spacial score (nSPS) is 18.5. The Bertz CT molecular complexity index is 249. The number of halogens is 2. The van der Waals surface area contributed by atoms with Crippen LogP contribution >= 0.6 is 39.7 Å². The molecule has 19 heavy (non-hydrogen) atoms. The van der Waals surface area contributed by atoms with E-state index in [0.717, 1.165) is 0 Å². The molecule has 0 amide bonds. The van der Waals surface area contributed by atoms with Crippen molar-refractivity contribution in [2.45, 2.75) is 35.7 Å². The van der Waals surface area contributed by atoms with Crippen molar-refractivity contribution in [2.24, 2.45) is 11.5 Å². The van der Waals surface area contributed by atoms with E-state index in [9.17, 15) is 0 Å². The fourth-order valence-electron chi connectivity index (χ4n) is 1.08. The van der Waals surface area contributed by atoms with Crippen LogP contribution < -0.4 is 31.0 Å². The molecule has 1 saturated carbocycles. The third-order valence-electron chi connectivity index (χ3n) is 1.91. The second-order valence-corrected chi connectivity index (χ2v) is 6.07. The summed E-state index contributed by atoms with van der Waals surface area (Å²) < 4.78 is 16.4. The molecule has 1 rings (SSSR count). The largest absolute Gasteiger partial charge is 4.00 e. The minimum atomic E-state index is -3.37. The number of rotatable bonds is 0. The molecule has 1 fully saturated rings. The summed E-state index contributed by atoms with van der Waals surface area (Å²) in [5.41, 5.74) is 10.8. The van der Waals surface area contributed by atoms with Crippen LogP contribution in [0.1, 0.15) is 25.7 Å². The van der Waals surface area contributed by atoms with Gasteiger partial charge in [0.25, 0.3) is 16.5 Å². The van der Waals surface area contributed by atoms with E-state index in [4.69, 9.17) is 63.4 Å². The molecule has 13 heteroatoms. The maximum Gasteiger partial charge on any atom is 4.00 e. The Morgan fingerprint density at radius 1 is 0.842 bits per heavy atom. The Kier molecular flexibility index (Phi) is 15.7. The van der Waals surface area contributed by atoms with Crippen LogP contribution in [0.15, 0.2) is 0 Å². The maximum atomic E-state index is 8.48. The molecule has 0 saturated heterocycles. The van der Waals surface area contributed by atoms with Gasteiger partial charge in [0.2, 0.25) is 0 Å². The van der Waals surface area contributed by atoms with Crippen LogP contribution in [0.3, 0.4) is 0 Å². The molecule has 8 nitrogen and oxygen atoms in total. The molecule has 0 heterocycles. The van der Waals surface area contributed by atoms with E-state index in [1.165, 1.54) is 0 Å². The van der Waals surface area contributed by atoms with Gasteiger partial charge in [-0.25, -0.2) is 0 Å². The predicted octanol–water partition coefficient (Wildman–Crippen LogP) is -1.93. The minimum absolute atomic E-state index is 0. The second kappa shape index (κ2) is 11.8. The monoisotopic (exact) mass is 535 g/mol. The molecule has 0 spiro atoms. The van der Waals surface area contributed by atoms with Gasteiger partial charge in [0.1, 0.15) is 4.33 Å². The second-order valence-electron chi connectivity index (χ2n) is 3.54. The molecule has 0 aromatic rings. The molecule has 1 aliphatic carbocycles. The van der Waals surface area contributed by atoms with Crippen molar-refractivity contribution in [3.63, 3.8) is 0 Å². The Hall–Kier alpha value is 1.23.